The summed E-state index contributed by atoms with van der Waals surface area (Å²) in [6.07, 6.45) is 0. The highest BCUT2D eigenvalue weighted by molar-refractivity contribution is 7.89. The number of nitrogens with two attached hydrogens (primary N) is 1. The molecule has 0 bridgehead atoms. The SMILES string of the molecule is COc1ccc(S(N)(=O)=O)cc1C(=O)OCC(=O)N(C(C)C)C(C)C. The predicted molar refractivity (Wildman–Crippen MR) is 91.8 cm³/mol. The number of hydrogen-bond donors (Lipinski definition) is 1. The topological polar surface area (TPSA) is 116 Å². The van der Waals surface area contributed by atoms with Crippen molar-refractivity contribution in [3.63, 3.8) is 0 Å². The molecule has 0 aromatic heterocycles. The minimum absolute atomic E-state index is 0.0496. The molecule has 0 aliphatic carbocycles. The van der Waals surface area contributed by atoms with Crippen LogP contribution < -0.4 is 9.88 Å². The van der Waals surface area contributed by atoms with Crippen molar-refractivity contribution in [1.29, 1.82) is 0 Å². The van der Waals surface area contributed by atoms with Gasteiger partial charge < -0.3 is 14.4 Å². The summed E-state index contributed by atoms with van der Waals surface area (Å²) >= 11 is 0. The summed E-state index contributed by atoms with van der Waals surface area (Å²) in [6, 6.07) is 3.48. The summed E-state index contributed by atoms with van der Waals surface area (Å²) in [4.78, 5) is 25.8. The van der Waals surface area contributed by atoms with Crippen molar-refractivity contribution in [2.75, 3.05) is 13.7 Å². The van der Waals surface area contributed by atoms with Gasteiger partial charge in [0.05, 0.1) is 12.0 Å². The molecule has 140 valence electrons. The van der Waals surface area contributed by atoms with Gasteiger partial charge in [0.15, 0.2) is 6.61 Å². The molecule has 0 unspecified atom stereocenters. The van der Waals surface area contributed by atoms with Crippen LogP contribution in [0.5, 0.6) is 5.75 Å². The standard InChI is InChI=1S/C16H24N2O6S/c1-10(2)18(11(3)4)15(19)9-24-16(20)13-8-12(25(17,21)22)6-7-14(13)23-5/h6-8,10-11H,9H2,1-5H3,(H2,17,21,22). The summed E-state index contributed by atoms with van der Waals surface area (Å²) < 4.78 is 32.9. The van der Waals surface area contributed by atoms with Crippen LogP contribution in [-0.2, 0) is 19.6 Å². The Morgan fingerprint density at radius 3 is 2.16 bits per heavy atom. The van der Waals surface area contributed by atoms with E-state index in [0.29, 0.717) is 0 Å². The molecule has 0 aliphatic heterocycles. The molecular formula is C16H24N2O6S. The number of primary sulfonamides is 1. The number of benzene rings is 1. The van der Waals surface area contributed by atoms with Crippen LogP contribution in [0.4, 0.5) is 0 Å². The van der Waals surface area contributed by atoms with Crippen LogP contribution in [0, 0.1) is 0 Å². The number of carbonyl (C=O) groups is 2. The third-order valence-electron chi connectivity index (χ3n) is 3.45. The minimum Gasteiger partial charge on any atom is -0.496 e. The fourth-order valence-corrected chi connectivity index (χ4v) is 3.02. The fraction of sp³-hybridized carbons (Fsp3) is 0.500. The number of nitrogens with zero attached hydrogens (tertiary/aromatic N) is 1. The molecule has 1 amide bonds. The molecule has 9 heteroatoms. The zero-order chi connectivity index (χ0) is 19.4. The number of hydrogen-bond acceptors (Lipinski definition) is 6. The molecule has 0 radical (unpaired) electrons. The number of amides is 1. The van der Waals surface area contributed by atoms with Crippen LogP contribution in [0.2, 0.25) is 0 Å². The number of sulfonamides is 1. The van der Waals surface area contributed by atoms with E-state index in [1.54, 1.807) is 4.90 Å². The first kappa shape index (κ1) is 20.9. The van der Waals surface area contributed by atoms with E-state index in [1.165, 1.54) is 19.2 Å². The van der Waals surface area contributed by atoms with E-state index in [-0.39, 0.29) is 34.2 Å². The normalized spacial score (nSPS) is 11.5. The molecule has 25 heavy (non-hydrogen) atoms. The Labute approximate surface area is 147 Å². The first-order valence-electron chi connectivity index (χ1n) is 7.68. The fourth-order valence-electron chi connectivity index (χ4n) is 2.48. The number of rotatable bonds is 7. The summed E-state index contributed by atoms with van der Waals surface area (Å²) in [5.41, 5.74) is -0.123. The lowest BCUT2D eigenvalue weighted by Gasteiger charge is -2.30. The monoisotopic (exact) mass is 372 g/mol. The summed E-state index contributed by atoms with van der Waals surface area (Å²) in [5, 5.41) is 5.06. The maximum Gasteiger partial charge on any atom is 0.342 e. The zero-order valence-corrected chi connectivity index (χ0v) is 15.8. The summed E-state index contributed by atoms with van der Waals surface area (Å²) in [5.74, 6) is -1.10. The highest BCUT2D eigenvalue weighted by atomic mass is 32.2. The predicted octanol–water partition coefficient (Wildman–Crippen LogP) is 1.14. The van der Waals surface area contributed by atoms with Crippen molar-refractivity contribution < 1.29 is 27.5 Å². The second-order valence-corrected chi connectivity index (χ2v) is 7.53. The van der Waals surface area contributed by atoms with Gasteiger partial charge in [-0.05, 0) is 45.9 Å². The van der Waals surface area contributed by atoms with Crippen molar-refractivity contribution in [2.45, 2.75) is 44.7 Å². The molecular weight excluding hydrogens is 348 g/mol. The molecule has 0 atom stereocenters. The van der Waals surface area contributed by atoms with E-state index >= 15 is 0 Å². The van der Waals surface area contributed by atoms with E-state index in [0.717, 1.165) is 6.07 Å². The maximum absolute atomic E-state index is 12.3. The van der Waals surface area contributed by atoms with Gasteiger partial charge in [0.2, 0.25) is 10.0 Å². The number of ether oxygens (including phenoxy) is 2. The third-order valence-corrected chi connectivity index (χ3v) is 4.36. The second kappa shape index (κ2) is 8.30. The number of esters is 1. The van der Waals surface area contributed by atoms with E-state index in [2.05, 4.69) is 0 Å². The van der Waals surface area contributed by atoms with Crippen molar-refractivity contribution in [3.05, 3.63) is 23.8 Å². The lowest BCUT2D eigenvalue weighted by atomic mass is 10.2. The van der Waals surface area contributed by atoms with Crippen LogP contribution in [0.25, 0.3) is 0 Å². The Hall–Kier alpha value is -2.13. The zero-order valence-electron chi connectivity index (χ0n) is 15.0. The molecule has 0 saturated carbocycles. The Balaban J connectivity index is 2.99. The average molecular weight is 372 g/mol. The first-order valence-corrected chi connectivity index (χ1v) is 9.22. The van der Waals surface area contributed by atoms with Gasteiger partial charge in [-0.25, -0.2) is 18.4 Å². The van der Waals surface area contributed by atoms with Crippen molar-refractivity contribution in [2.24, 2.45) is 5.14 Å². The van der Waals surface area contributed by atoms with Crippen LogP contribution in [0.3, 0.4) is 0 Å². The third kappa shape index (κ3) is 5.43. The smallest absolute Gasteiger partial charge is 0.342 e. The molecule has 0 saturated heterocycles. The molecule has 1 aromatic carbocycles. The van der Waals surface area contributed by atoms with E-state index < -0.39 is 22.6 Å². The van der Waals surface area contributed by atoms with E-state index in [9.17, 15) is 18.0 Å². The van der Waals surface area contributed by atoms with E-state index in [1.807, 2.05) is 27.7 Å². The highest BCUT2D eigenvalue weighted by Crippen LogP contribution is 2.23. The van der Waals surface area contributed by atoms with Crippen molar-refractivity contribution in [3.8, 4) is 5.75 Å². The molecule has 8 nitrogen and oxygen atoms in total. The minimum atomic E-state index is -3.99. The molecule has 1 aromatic rings. The van der Waals surface area contributed by atoms with Crippen molar-refractivity contribution in [1.82, 2.24) is 4.90 Å². The van der Waals surface area contributed by atoms with Gasteiger partial charge >= 0.3 is 5.97 Å². The van der Waals surface area contributed by atoms with Gasteiger partial charge in [-0.3, -0.25) is 4.79 Å². The molecule has 0 fully saturated rings. The Morgan fingerprint density at radius 1 is 1.16 bits per heavy atom. The van der Waals surface area contributed by atoms with Crippen LogP contribution in [0.15, 0.2) is 23.1 Å². The first-order chi connectivity index (χ1) is 11.5. The highest BCUT2D eigenvalue weighted by Gasteiger charge is 2.23. The summed E-state index contributed by atoms with van der Waals surface area (Å²) in [6.45, 7) is 6.98. The number of carbonyl (C=O) groups excluding carboxylic acids is 2. The number of methoxy groups -OCH3 is 1. The Bertz CT molecular complexity index is 735. The summed E-state index contributed by atoms with van der Waals surface area (Å²) in [7, 11) is -2.66. The van der Waals surface area contributed by atoms with Gasteiger partial charge in [0.1, 0.15) is 11.3 Å². The molecule has 0 aliphatic rings. The molecule has 2 N–H and O–H groups in total. The van der Waals surface area contributed by atoms with Gasteiger partial charge in [-0.2, -0.15) is 0 Å². The van der Waals surface area contributed by atoms with Gasteiger partial charge in [0.25, 0.3) is 5.91 Å². The average Bonchev–Trinajstić information content (AvgIpc) is 2.50. The van der Waals surface area contributed by atoms with Gasteiger partial charge in [-0.1, -0.05) is 0 Å². The van der Waals surface area contributed by atoms with Gasteiger partial charge in [-0.15, -0.1) is 0 Å². The quantitative estimate of drug-likeness (QED) is 0.718. The van der Waals surface area contributed by atoms with Gasteiger partial charge in [0, 0.05) is 12.1 Å². The second-order valence-electron chi connectivity index (χ2n) is 5.97. The Kier molecular flexibility index (Phi) is 6.95. The maximum atomic E-state index is 12.3. The van der Waals surface area contributed by atoms with Crippen LogP contribution >= 0.6 is 0 Å². The molecule has 0 spiro atoms. The van der Waals surface area contributed by atoms with Crippen LogP contribution in [0.1, 0.15) is 38.1 Å². The lowest BCUT2D eigenvalue weighted by Crippen LogP contribution is -2.44. The Morgan fingerprint density at radius 2 is 1.72 bits per heavy atom. The lowest BCUT2D eigenvalue weighted by molar-refractivity contribution is -0.138. The van der Waals surface area contributed by atoms with E-state index in [4.69, 9.17) is 14.6 Å². The largest absolute Gasteiger partial charge is 0.496 e. The molecule has 1 rings (SSSR count). The van der Waals surface area contributed by atoms with Crippen molar-refractivity contribution >= 4 is 21.9 Å². The molecule has 0 heterocycles. The van der Waals surface area contributed by atoms with Crippen LogP contribution in [-0.4, -0.2) is 51.0 Å².